The molecule has 0 aromatic heterocycles. The number of carboxylic acids is 2. The van der Waals surface area contributed by atoms with E-state index in [0.29, 0.717) is 38.6 Å². The van der Waals surface area contributed by atoms with E-state index in [1.807, 2.05) is 13.8 Å². The Balaban J connectivity index is 3.00. The Morgan fingerprint density at radius 2 is 1.65 bits per heavy atom. The molecule has 0 aromatic carbocycles. The summed E-state index contributed by atoms with van der Waals surface area (Å²) in [7, 11) is 0. The lowest BCUT2D eigenvalue weighted by Gasteiger charge is -2.29. The number of hydrogen-bond donors (Lipinski definition) is 6. The van der Waals surface area contributed by atoms with Gasteiger partial charge < -0.3 is 37.2 Å². The molecule has 1 saturated heterocycles. The van der Waals surface area contributed by atoms with Gasteiger partial charge in [0.1, 0.15) is 18.1 Å². The average Bonchev–Trinajstić information content (AvgIpc) is 3.25. The maximum Gasteiger partial charge on any atom is 0.326 e. The van der Waals surface area contributed by atoms with Crippen molar-refractivity contribution in [3.63, 3.8) is 0 Å². The smallest absolute Gasteiger partial charge is 0.326 e. The standard InChI is InChI=1S/C22H39N5O7/c1-13(2)12-14(24)19(30)25-15(8-9-18(28)29)20(31)26-16(6-3-4-10-23)21(32)27-11-5-7-17(27)22(33)34/h13-17H,3-12,23-24H2,1-2H3,(H,25,30)(H,26,31)(H,28,29)(H,33,34). The van der Waals surface area contributed by atoms with Crippen molar-refractivity contribution >= 4 is 29.7 Å². The molecule has 3 amide bonds. The molecular formula is C22H39N5O7. The molecule has 1 fully saturated rings. The van der Waals surface area contributed by atoms with Gasteiger partial charge in [-0.25, -0.2) is 4.79 Å². The molecule has 12 nitrogen and oxygen atoms in total. The third-order valence-corrected chi connectivity index (χ3v) is 5.72. The first-order chi connectivity index (χ1) is 16.0. The molecule has 194 valence electrons. The molecule has 0 bridgehead atoms. The average molecular weight is 486 g/mol. The molecule has 34 heavy (non-hydrogen) atoms. The van der Waals surface area contributed by atoms with Crippen LogP contribution in [0, 0.1) is 5.92 Å². The largest absolute Gasteiger partial charge is 0.481 e. The number of rotatable bonds is 15. The molecule has 0 saturated carbocycles. The van der Waals surface area contributed by atoms with Crippen LogP contribution >= 0.6 is 0 Å². The van der Waals surface area contributed by atoms with Gasteiger partial charge in [0.25, 0.3) is 0 Å². The monoisotopic (exact) mass is 485 g/mol. The highest BCUT2D eigenvalue weighted by molar-refractivity contribution is 5.94. The van der Waals surface area contributed by atoms with Crippen LogP contribution in [0.2, 0.25) is 0 Å². The van der Waals surface area contributed by atoms with Crippen molar-refractivity contribution in [2.75, 3.05) is 13.1 Å². The zero-order chi connectivity index (χ0) is 25.8. The molecule has 1 heterocycles. The Kier molecular flexibility index (Phi) is 12.5. The molecule has 1 aliphatic heterocycles. The van der Waals surface area contributed by atoms with E-state index >= 15 is 0 Å². The summed E-state index contributed by atoms with van der Waals surface area (Å²) in [5.41, 5.74) is 11.4. The second kappa shape index (κ2) is 14.5. The predicted octanol–water partition coefficient (Wildman–Crippen LogP) is -0.601. The number of unbranched alkanes of at least 4 members (excludes halogenated alkanes) is 1. The normalized spacial score (nSPS) is 18.3. The Morgan fingerprint density at radius 1 is 1.00 bits per heavy atom. The molecule has 8 N–H and O–H groups in total. The van der Waals surface area contributed by atoms with Gasteiger partial charge in [0.15, 0.2) is 0 Å². The number of aliphatic carboxylic acids is 2. The molecule has 12 heteroatoms. The van der Waals surface area contributed by atoms with Gasteiger partial charge in [-0.1, -0.05) is 13.8 Å². The van der Waals surface area contributed by atoms with Crippen molar-refractivity contribution in [1.82, 2.24) is 15.5 Å². The highest BCUT2D eigenvalue weighted by Gasteiger charge is 2.38. The number of carbonyl (C=O) groups is 5. The van der Waals surface area contributed by atoms with Crippen LogP contribution in [-0.2, 0) is 24.0 Å². The zero-order valence-corrected chi connectivity index (χ0v) is 20.0. The Labute approximate surface area is 199 Å². The van der Waals surface area contributed by atoms with Crippen molar-refractivity contribution in [3.05, 3.63) is 0 Å². The van der Waals surface area contributed by atoms with Crippen LogP contribution in [0.4, 0.5) is 0 Å². The van der Waals surface area contributed by atoms with E-state index < -0.39 is 53.8 Å². The van der Waals surface area contributed by atoms with Gasteiger partial charge in [-0.2, -0.15) is 0 Å². The molecular weight excluding hydrogens is 446 g/mol. The van der Waals surface area contributed by atoms with Crippen molar-refractivity contribution in [2.45, 2.75) is 89.4 Å². The van der Waals surface area contributed by atoms with Crippen molar-refractivity contribution in [2.24, 2.45) is 17.4 Å². The Bertz CT molecular complexity index is 730. The van der Waals surface area contributed by atoms with E-state index in [1.54, 1.807) is 0 Å². The quantitative estimate of drug-likeness (QED) is 0.163. The zero-order valence-electron chi connectivity index (χ0n) is 20.0. The van der Waals surface area contributed by atoms with Crippen LogP contribution in [0.5, 0.6) is 0 Å². The summed E-state index contributed by atoms with van der Waals surface area (Å²) in [4.78, 5) is 62.5. The van der Waals surface area contributed by atoms with Gasteiger partial charge >= 0.3 is 11.9 Å². The third kappa shape index (κ3) is 9.64. The lowest BCUT2D eigenvalue weighted by Crippen LogP contribution is -2.57. The molecule has 0 aromatic rings. The molecule has 1 aliphatic rings. The molecule has 0 radical (unpaired) electrons. The van der Waals surface area contributed by atoms with Gasteiger partial charge in [0.05, 0.1) is 6.04 Å². The summed E-state index contributed by atoms with van der Waals surface area (Å²) < 4.78 is 0. The van der Waals surface area contributed by atoms with Crippen LogP contribution < -0.4 is 22.1 Å². The maximum absolute atomic E-state index is 13.1. The minimum absolute atomic E-state index is 0.138. The van der Waals surface area contributed by atoms with Gasteiger partial charge in [-0.15, -0.1) is 0 Å². The fraction of sp³-hybridized carbons (Fsp3) is 0.773. The van der Waals surface area contributed by atoms with Crippen LogP contribution in [-0.4, -0.2) is 82.0 Å². The highest BCUT2D eigenvalue weighted by atomic mass is 16.4. The van der Waals surface area contributed by atoms with Gasteiger partial charge in [-0.05, 0) is 57.4 Å². The topological polar surface area (TPSA) is 205 Å². The van der Waals surface area contributed by atoms with E-state index in [9.17, 15) is 29.1 Å². The summed E-state index contributed by atoms with van der Waals surface area (Å²) >= 11 is 0. The number of nitrogens with zero attached hydrogens (tertiary/aromatic N) is 1. The number of nitrogens with two attached hydrogens (primary N) is 2. The highest BCUT2D eigenvalue weighted by Crippen LogP contribution is 2.20. The maximum atomic E-state index is 13.1. The lowest BCUT2D eigenvalue weighted by atomic mass is 10.0. The van der Waals surface area contributed by atoms with E-state index in [0.717, 1.165) is 0 Å². The number of carbonyl (C=O) groups excluding carboxylic acids is 3. The van der Waals surface area contributed by atoms with E-state index in [2.05, 4.69) is 10.6 Å². The van der Waals surface area contributed by atoms with Crippen LogP contribution in [0.15, 0.2) is 0 Å². The summed E-state index contributed by atoms with van der Waals surface area (Å²) in [6.07, 6.45) is 2.04. The minimum atomic E-state index is -1.21. The third-order valence-electron chi connectivity index (χ3n) is 5.72. The minimum Gasteiger partial charge on any atom is -0.481 e. The first-order valence-corrected chi connectivity index (χ1v) is 11.8. The second-order valence-electron chi connectivity index (χ2n) is 9.10. The first-order valence-electron chi connectivity index (χ1n) is 11.8. The van der Waals surface area contributed by atoms with Gasteiger partial charge in [0.2, 0.25) is 17.7 Å². The van der Waals surface area contributed by atoms with E-state index in [-0.39, 0.29) is 31.7 Å². The number of likely N-dealkylation sites (tertiary alicyclic amines) is 1. The molecule has 0 aliphatic carbocycles. The van der Waals surface area contributed by atoms with E-state index in [1.165, 1.54) is 4.90 Å². The fourth-order valence-electron chi connectivity index (χ4n) is 3.94. The summed E-state index contributed by atoms with van der Waals surface area (Å²) in [5, 5.41) is 23.6. The second-order valence-corrected chi connectivity index (χ2v) is 9.10. The summed E-state index contributed by atoms with van der Waals surface area (Å²) in [6, 6.07) is -4.06. The van der Waals surface area contributed by atoms with Gasteiger partial charge in [0, 0.05) is 13.0 Å². The van der Waals surface area contributed by atoms with Crippen LogP contribution in [0.3, 0.4) is 0 Å². The van der Waals surface area contributed by atoms with Crippen molar-refractivity contribution in [1.29, 1.82) is 0 Å². The van der Waals surface area contributed by atoms with E-state index in [4.69, 9.17) is 16.6 Å². The first kappa shape index (κ1) is 29.3. The SMILES string of the molecule is CC(C)CC(N)C(=O)NC(CCC(=O)O)C(=O)NC(CCCCN)C(=O)N1CCCC1C(=O)O. The molecule has 1 rings (SSSR count). The summed E-state index contributed by atoms with van der Waals surface area (Å²) in [5.74, 6) is -3.94. The molecule has 4 atom stereocenters. The Hall–Kier alpha value is -2.73. The molecule has 4 unspecified atom stereocenters. The van der Waals surface area contributed by atoms with Crippen molar-refractivity contribution in [3.8, 4) is 0 Å². The van der Waals surface area contributed by atoms with Gasteiger partial charge in [-0.3, -0.25) is 19.2 Å². The van der Waals surface area contributed by atoms with Crippen molar-refractivity contribution < 1.29 is 34.2 Å². The lowest BCUT2D eigenvalue weighted by molar-refractivity contribution is -0.149. The Morgan fingerprint density at radius 3 is 2.21 bits per heavy atom. The van der Waals surface area contributed by atoms with Crippen LogP contribution in [0.1, 0.15) is 65.2 Å². The number of carboxylic acid groups (broad SMARTS) is 2. The molecule has 0 spiro atoms. The summed E-state index contributed by atoms with van der Waals surface area (Å²) in [6.45, 7) is 4.44. The number of nitrogens with one attached hydrogen (secondary N) is 2. The number of amides is 3. The number of hydrogen-bond acceptors (Lipinski definition) is 7. The fourth-order valence-corrected chi connectivity index (χ4v) is 3.94. The predicted molar refractivity (Wildman–Crippen MR) is 123 cm³/mol. The van der Waals surface area contributed by atoms with Crippen LogP contribution in [0.25, 0.3) is 0 Å².